The van der Waals surface area contributed by atoms with E-state index in [-0.39, 0.29) is 10.8 Å². The van der Waals surface area contributed by atoms with Gasteiger partial charge in [-0.2, -0.15) is 12.7 Å². The predicted octanol–water partition coefficient (Wildman–Crippen LogP) is 3.12. The van der Waals surface area contributed by atoms with Crippen molar-refractivity contribution in [3.8, 4) is 5.75 Å². The van der Waals surface area contributed by atoms with Gasteiger partial charge in [-0.25, -0.2) is 9.11 Å². The van der Waals surface area contributed by atoms with Crippen LogP contribution in [0, 0.1) is 11.7 Å². The number of carbonyl (C=O) groups is 1. The molecule has 1 saturated carbocycles. The van der Waals surface area contributed by atoms with Crippen molar-refractivity contribution in [3.05, 3.63) is 28.5 Å². The number of nitrogens with zero attached hydrogens (tertiary/aromatic N) is 1. The maximum Gasteiger partial charge on any atom is 0.304 e. The van der Waals surface area contributed by atoms with Gasteiger partial charge in [0.05, 0.1) is 17.2 Å². The summed E-state index contributed by atoms with van der Waals surface area (Å²) < 4.78 is 47.3. The highest BCUT2D eigenvalue weighted by atomic mass is 35.5. The van der Waals surface area contributed by atoms with Crippen molar-refractivity contribution >= 4 is 27.7 Å². The summed E-state index contributed by atoms with van der Waals surface area (Å²) in [6, 6.07) is 2.14. The van der Waals surface area contributed by atoms with Crippen LogP contribution in [0.5, 0.6) is 5.75 Å². The number of nitrogens with one attached hydrogen (secondary N) is 1. The molecule has 1 aromatic rings. The van der Waals surface area contributed by atoms with Crippen LogP contribution in [0.3, 0.4) is 0 Å². The highest BCUT2D eigenvalue weighted by Crippen LogP contribution is 2.31. The van der Waals surface area contributed by atoms with Crippen LogP contribution in [0.2, 0.25) is 5.02 Å². The number of amides is 1. The van der Waals surface area contributed by atoms with Crippen LogP contribution in [0.1, 0.15) is 48.9 Å². The minimum atomic E-state index is -3.98. The Hall–Kier alpha value is -1.38. The molecule has 26 heavy (non-hydrogen) atoms. The molecule has 1 N–H and O–H groups in total. The first-order valence-electron chi connectivity index (χ1n) is 8.81. The molecule has 3 rings (SSSR count). The van der Waals surface area contributed by atoms with Crippen LogP contribution < -0.4 is 9.46 Å². The molecule has 9 heteroatoms. The highest BCUT2D eigenvalue weighted by molar-refractivity contribution is 7.87. The normalized spacial score (nSPS) is 19.0. The third-order valence-corrected chi connectivity index (χ3v) is 6.63. The molecule has 0 spiro atoms. The second kappa shape index (κ2) is 8.10. The van der Waals surface area contributed by atoms with Crippen molar-refractivity contribution in [1.82, 2.24) is 9.03 Å². The number of carbonyl (C=O) groups excluding carboxylic acids is 1. The zero-order chi connectivity index (χ0) is 18.7. The lowest BCUT2D eigenvalue weighted by Crippen LogP contribution is -2.42. The van der Waals surface area contributed by atoms with E-state index in [0.717, 1.165) is 37.8 Å². The number of halogens is 2. The molecule has 1 heterocycles. The van der Waals surface area contributed by atoms with Gasteiger partial charge in [0.2, 0.25) is 0 Å². The van der Waals surface area contributed by atoms with Crippen molar-refractivity contribution in [2.24, 2.45) is 5.92 Å². The fourth-order valence-corrected chi connectivity index (χ4v) is 4.79. The Bertz CT molecular complexity index is 775. The van der Waals surface area contributed by atoms with E-state index in [0.29, 0.717) is 25.6 Å². The second-order valence-electron chi connectivity index (χ2n) is 6.77. The van der Waals surface area contributed by atoms with Crippen molar-refractivity contribution in [3.63, 3.8) is 0 Å². The smallest absolute Gasteiger partial charge is 0.304 e. The van der Waals surface area contributed by atoms with Gasteiger partial charge in [0.1, 0.15) is 11.6 Å². The lowest BCUT2D eigenvalue weighted by molar-refractivity contribution is 0.0975. The maximum absolute atomic E-state index is 14.3. The van der Waals surface area contributed by atoms with Crippen molar-refractivity contribution < 1.29 is 22.3 Å². The summed E-state index contributed by atoms with van der Waals surface area (Å²) in [6.45, 7) is 1.15. The Labute approximate surface area is 157 Å². The molecule has 6 nitrogen and oxygen atoms in total. The van der Waals surface area contributed by atoms with E-state index < -0.39 is 27.5 Å². The molecule has 0 unspecified atom stereocenters. The van der Waals surface area contributed by atoms with Gasteiger partial charge in [0, 0.05) is 19.2 Å². The molecule has 1 aliphatic heterocycles. The topological polar surface area (TPSA) is 75.7 Å². The third-order valence-electron chi connectivity index (χ3n) is 4.84. The first-order valence-corrected chi connectivity index (χ1v) is 10.6. The van der Waals surface area contributed by atoms with Crippen LogP contribution in [0.15, 0.2) is 12.1 Å². The summed E-state index contributed by atoms with van der Waals surface area (Å²) in [5, 5.41) is 0.0770. The Morgan fingerprint density at radius 1 is 1.23 bits per heavy atom. The molecule has 1 amide bonds. The molecule has 0 atom stereocenters. The first-order chi connectivity index (χ1) is 12.4. The Kier molecular flexibility index (Phi) is 6.04. The van der Waals surface area contributed by atoms with Gasteiger partial charge in [-0.1, -0.05) is 24.4 Å². The van der Waals surface area contributed by atoms with Gasteiger partial charge in [-0.3, -0.25) is 4.79 Å². The monoisotopic (exact) mass is 404 g/mol. The van der Waals surface area contributed by atoms with Crippen LogP contribution in [-0.2, 0) is 10.2 Å². The van der Waals surface area contributed by atoms with E-state index in [2.05, 4.69) is 0 Å². The number of benzene rings is 1. The molecule has 0 aromatic heterocycles. The summed E-state index contributed by atoms with van der Waals surface area (Å²) in [5.41, 5.74) is -0.425. The van der Waals surface area contributed by atoms with Crippen molar-refractivity contribution in [1.29, 1.82) is 0 Å². The molecular weight excluding hydrogens is 383 g/mol. The number of ether oxygens (including phenoxy) is 1. The summed E-state index contributed by atoms with van der Waals surface area (Å²) in [7, 11) is -3.98. The highest BCUT2D eigenvalue weighted by Gasteiger charge is 2.28. The molecule has 2 fully saturated rings. The molecule has 1 aliphatic carbocycles. The van der Waals surface area contributed by atoms with Gasteiger partial charge in [0.25, 0.3) is 5.91 Å². The molecule has 0 radical (unpaired) electrons. The maximum atomic E-state index is 14.3. The van der Waals surface area contributed by atoms with Gasteiger partial charge >= 0.3 is 10.2 Å². The van der Waals surface area contributed by atoms with Crippen LogP contribution in [-0.4, -0.2) is 38.3 Å². The Morgan fingerprint density at radius 2 is 1.88 bits per heavy atom. The van der Waals surface area contributed by atoms with E-state index in [4.69, 9.17) is 16.3 Å². The van der Waals surface area contributed by atoms with Gasteiger partial charge in [-0.05, 0) is 37.7 Å². The van der Waals surface area contributed by atoms with Crippen LogP contribution in [0.25, 0.3) is 0 Å². The van der Waals surface area contributed by atoms with E-state index in [1.54, 1.807) is 0 Å². The van der Waals surface area contributed by atoms with E-state index in [9.17, 15) is 17.6 Å². The fourth-order valence-electron chi connectivity index (χ4n) is 3.36. The molecular formula is C17H22ClFN2O4S. The zero-order valence-corrected chi connectivity index (χ0v) is 15.9. The number of hydrogen-bond acceptors (Lipinski definition) is 4. The molecule has 0 bridgehead atoms. The van der Waals surface area contributed by atoms with Crippen molar-refractivity contribution in [2.45, 2.75) is 38.5 Å². The first kappa shape index (κ1) is 19.4. The average Bonchev–Trinajstić information content (AvgIpc) is 3.28. The summed E-state index contributed by atoms with van der Waals surface area (Å²) in [6.07, 6.45) is 5.97. The molecule has 1 saturated heterocycles. The van der Waals surface area contributed by atoms with E-state index in [1.807, 2.05) is 4.72 Å². The number of hydrogen-bond donors (Lipinski definition) is 1. The molecule has 2 aliphatic rings. The van der Waals surface area contributed by atoms with Gasteiger partial charge < -0.3 is 4.74 Å². The van der Waals surface area contributed by atoms with Gasteiger partial charge in [-0.15, -0.1) is 0 Å². The summed E-state index contributed by atoms with van der Waals surface area (Å²) in [4.78, 5) is 12.2. The average molecular weight is 405 g/mol. The third kappa shape index (κ3) is 4.47. The molecule has 1 aromatic carbocycles. The Morgan fingerprint density at radius 3 is 2.54 bits per heavy atom. The quantitative estimate of drug-likeness (QED) is 0.790. The number of rotatable bonds is 6. The van der Waals surface area contributed by atoms with Crippen LogP contribution in [0.4, 0.5) is 4.39 Å². The lowest BCUT2D eigenvalue weighted by Gasteiger charge is -2.17. The van der Waals surface area contributed by atoms with E-state index >= 15 is 0 Å². The second-order valence-corrected chi connectivity index (χ2v) is 8.84. The zero-order valence-electron chi connectivity index (χ0n) is 14.3. The fraction of sp³-hybridized carbons (Fsp3) is 0.588. The SMILES string of the molecule is O=C(NS(=O)(=O)N1CCCC1)c1cc(Cl)c(OCC2CCCC2)cc1F. The van der Waals surface area contributed by atoms with Crippen molar-refractivity contribution in [2.75, 3.05) is 19.7 Å². The largest absolute Gasteiger partial charge is 0.492 e. The van der Waals surface area contributed by atoms with Crippen LogP contribution >= 0.6 is 11.6 Å². The minimum Gasteiger partial charge on any atom is -0.492 e. The summed E-state index contributed by atoms with van der Waals surface area (Å²) in [5.74, 6) is -1.32. The standard InChI is InChI=1S/C17H22ClFN2O4S/c18-14-9-13(17(22)20-26(23,24)21-7-3-4-8-21)15(19)10-16(14)25-11-12-5-1-2-6-12/h9-10,12H,1-8,11H2,(H,20,22). The minimum absolute atomic E-state index is 0.0770. The lowest BCUT2D eigenvalue weighted by atomic mass is 10.1. The van der Waals surface area contributed by atoms with E-state index in [1.165, 1.54) is 17.1 Å². The summed E-state index contributed by atoms with van der Waals surface area (Å²) >= 11 is 6.10. The Balaban J connectivity index is 1.69. The predicted molar refractivity (Wildman–Crippen MR) is 96.1 cm³/mol. The molecule has 144 valence electrons. The van der Waals surface area contributed by atoms with Gasteiger partial charge in [0.15, 0.2) is 0 Å².